The van der Waals surface area contributed by atoms with Crippen LogP contribution in [0.3, 0.4) is 0 Å². The molecule has 0 amide bonds. The Morgan fingerprint density at radius 3 is 2.95 bits per heavy atom. The van der Waals surface area contributed by atoms with Crippen LogP contribution in [0.5, 0.6) is 0 Å². The van der Waals surface area contributed by atoms with E-state index in [4.69, 9.17) is 9.72 Å². The van der Waals surface area contributed by atoms with Gasteiger partial charge in [-0.05, 0) is 29.6 Å². The van der Waals surface area contributed by atoms with Crippen molar-refractivity contribution in [3.63, 3.8) is 0 Å². The number of hydrogen-bond acceptors (Lipinski definition) is 4. The van der Waals surface area contributed by atoms with Crippen molar-refractivity contribution in [3.8, 4) is 0 Å². The van der Waals surface area contributed by atoms with Gasteiger partial charge in [-0.3, -0.25) is 0 Å². The average molecular weight is 296 g/mol. The fourth-order valence-corrected chi connectivity index (χ4v) is 3.50. The lowest BCUT2D eigenvalue weighted by Crippen LogP contribution is -2.38. The molecule has 4 rings (SSSR count). The second-order valence-corrected chi connectivity index (χ2v) is 6.16. The van der Waals surface area contributed by atoms with E-state index in [-0.39, 0.29) is 6.10 Å². The minimum atomic E-state index is 0.159. The number of anilines is 1. The van der Waals surface area contributed by atoms with Crippen LogP contribution in [0, 0.1) is 0 Å². The third-order valence-electron chi connectivity index (χ3n) is 3.83. The molecule has 1 aliphatic rings. The summed E-state index contributed by atoms with van der Waals surface area (Å²) >= 11 is 1.76. The Morgan fingerprint density at radius 2 is 2.05 bits per heavy atom. The molecular weight excluding hydrogens is 280 g/mol. The minimum absolute atomic E-state index is 0.159. The number of para-hydroxylation sites is 1. The maximum atomic E-state index is 5.90. The minimum Gasteiger partial charge on any atom is -0.369 e. The van der Waals surface area contributed by atoms with E-state index in [0.717, 1.165) is 31.0 Å². The van der Waals surface area contributed by atoms with E-state index in [9.17, 15) is 0 Å². The zero-order valence-electron chi connectivity index (χ0n) is 11.6. The topological polar surface area (TPSA) is 25.4 Å². The molecule has 2 aromatic heterocycles. The van der Waals surface area contributed by atoms with Gasteiger partial charge in [0.15, 0.2) is 0 Å². The predicted octanol–water partition coefficient (Wildman–Crippen LogP) is 3.87. The van der Waals surface area contributed by atoms with Crippen molar-refractivity contribution in [2.24, 2.45) is 0 Å². The summed E-state index contributed by atoms with van der Waals surface area (Å²) in [6, 6.07) is 16.7. The van der Waals surface area contributed by atoms with Gasteiger partial charge in [-0.25, -0.2) is 4.98 Å². The van der Waals surface area contributed by atoms with E-state index >= 15 is 0 Å². The summed E-state index contributed by atoms with van der Waals surface area (Å²) < 4.78 is 5.90. The summed E-state index contributed by atoms with van der Waals surface area (Å²) in [6.07, 6.45) is 0.159. The SMILES string of the molecule is c1csc(C2CN(c3ccc4ccccc4n3)CCO2)c1. The highest BCUT2D eigenvalue weighted by molar-refractivity contribution is 7.10. The number of ether oxygens (including phenoxy) is 1. The zero-order chi connectivity index (χ0) is 14.1. The summed E-state index contributed by atoms with van der Waals surface area (Å²) in [5.41, 5.74) is 1.05. The van der Waals surface area contributed by atoms with Gasteiger partial charge in [0.05, 0.1) is 18.7 Å². The number of morpholine rings is 1. The molecule has 1 fully saturated rings. The van der Waals surface area contributed by atoms with Gasteiger partial charge >= 0.3 is 0 Å². The molecule has 0 N–H and O–H groups in total. The second kappa shape index (κ2) is 5.47. The maximum Gasteiger partial charge on any atom is 0.129 e. The van der Waals surface area contributed by atoms with Crippen LogP contribution in [0.4, 0.5) is 5.82 Å². The van der Waals surface area contributed by atoms with Gasteiger partial charge in [0, 0.05) is 16.8 Å². The summed E-state index contributed by atoms with van der Waals surface area (Å²) in [5, 5.41) is 3.29. The Morgan fingerprint density at radius 1 is 1.10 bits per heavy atom. The largest absolute Gasteiger partial charge is 0.369 e. The fourth-order valence-electron chi connectivity index (χ4n) is 2.74. The van der Waals surface area contributed by atoms with Crippen LogP contribution >= 0.6 is 11.3 Å². The first-order valence-electron chi connectivity index (χ1n) is 7.16. The van der Waals surface area contributed by atoms with E-state index in [2.05, 4.69) is 46.7 Å². The van der Waals surface area contributed by atoms with Crippen molar-refractivity contribution in [1.29, 1.82) is 0 Å². The molecule has 0 radical (unpaired) electrons. The summed E-state index contributed by atoms with van der Waals surface area (Å²) in [4.78, 5) is 8.40. The normalized spacial score (nSPS) is 19.0. The molecule has 1 aromatic carbocycles. The lowest BCUT2D eigenvalue weighted by Gasteiger charge is -2.33. The molecule has 3 nitrogen and oxygen atoms in total. The van der Waals surface area contributed by atoms with Crippen LogP contribution in [0.25, 0.3) is 10.9 Å². The van der Waals surface area contributed by atoms with Gasteiger partial charge in [0.2, 0.25) is 0 Å². The first-order valence-corrected chi connectivity index (χ1v) is 8.04. The Hall–Kier alpha value is -1.91. The standard InChI is InChI=1S/C17H16N2OS/c1-2-5-14-13(4-1)7-8-17(18-14)19-9-10-20-15(12-19)16-6-3-11-21-16/h1-8,11,15H,9-10,12H2. The molecule has 4 heteroatoms. The number of thiophene rings is 1. The first kappa shape index (κ1) is 12.8. The van der Waals surface area contributed by atoms with E-state index < -0.39 is 0 Å². The molecule has 0 aliphatic carbocycles. The van der Waals surface area contributed by atoms with Gasteiger partial charge in [-0.1, -0.05) is 24.3 Å². The van der Waals surface area contributed by atoms with Gasteiger partial charge in [-0.2, -0.15) is 0 Å². The van der Waals surface area contributed by atoms with Gasteiger partial charge in [0.25, 0.3) is 0 Å². The Kier molecular flexibility index (Phi) is 3.33. The molecule has 0 saturated carbocycles. The Labute approximate surface area is 127 Å². The van der Waals surface area contributed by atoms with Crippen LogP contribution in [-0.2, 0) is 4.74 Å². The smallest absolute Gasteiger partial charge is 0.129 e. The molecule has 106 valence electrons. The number of hydrogen-bond donors (Lipinski definition) is 0. The molecule has 1 aliphatic heterocycles. The second-order valence-electron chi connectivity index (χ2n) is 5.18. The van der Waals surface area contributed by atoms with Crippen molar-refractivity contribution in [2.75, 3.05) is 24.6 Å². The number of benzene rings is 1. The summed E-state index contributed by atoms with van der Waals surface area (Å²) in [7, 11) is 0. The van der Waals surface area contributed by atoms with E-state index in [0.29, 0.717) is 0 Å². The molecule has 3 aromatic rings. The van der Waals surface area contributed by atoms with Gasteiger partial charge in [-0.15, -0.1) is 11.3 Å². The lowest BCUT2D eigenvalue weighted by molar-refractivity contribution is 0.0419. The van der Waals surface area contributed by atoms with Crippen LogP contribution in [0.1, 0.15) is 11.0 Å². The fraction of sp³-hybridized carbons (Fsp3) is 0.235. The number of nitrogens with zero attached hydrogens (tertiary/aromatic N) is 2. The molecule has 1 atom stereocenters. The molecule has 1 saturated heterocycles. The predicted molar refractivity (Wildman–Crippen MR) is 87.0 cm³/mol. The van der Waals surface area contributed by atoms with Crippen molar-refractivity contribution in [2.45, 2.75) is 6.10 Å². The number of fused-ring (bicyclic) bond motifs is 1. The van der Waals surface area contributed by atoms with Crippen LogP contribution in [0.15, 0.2) is 53.9 Å². The van der Waals surface area contributed by atoms with Crippen molar-refractivity contribution in [3.05, 3.63) is 58.8 Å². The highest BCUT2D eigenvalue weighted by Crippen LogP contribution is 2.28. The number of pyridine rings is 1. The molecule has 1 unspecified atom stereocenters. The van der Waals surface area contributed by atoms with Crippen LogP contribution < -0.4 is 4.90 Å². The van der Waals surface area contributed by atoms with E-state index in [1.807, 2.05) is 12.1 Å². The van der Waals surface area contributed by atoms with Gasteiger partial charge in [0.1, 0.15) is 11.9 Å². The summed E-state index contributed by atoms with van der Waals surface area (Å²) in [6.45, 7) is 2.51. The number of aromatic nitrogens is 1. The Balaban J connectivity index is 1.62. The van der Waals surface area contributed by atoms with E-state index in [1.54, 1.807) is 11.3 Å². The monoisotopic (exact) mass is 296 g/mol. The summed E-state index contributed by atoms with van der Waals surface area (Å²) in [5.74, 6) is 1.04. The third kappa shape index (κ3) is 2.52. The van der Waals surface area contributed by atoms with Crippen molar-refractivity contribution < 1.29 is 4.74 Å². The van der Waals surface area contributed by atoms with E-state index in [1.165, 1.54) is 10.3 Å². The average Bonchev–Trinajstić information content (AvgIpc) is 3.09. The molecule has 0 spiro atoms. The van der Waals surface area contributed by atoms with Crippen molar-refractivity contribution in [1.82, 2.24) is 4.98 Å². The number of rotatable bonds is 2. The molecule has 0 bridgehead atoms. The molecule has 21 heavy (non-hydrogen) atoms. The quantitative estimate of drug-likeness (QED) is 0.717. The van der Waals surface area contributed by atoms with Crippen molar-refractivity contribution >= 4 is 28.1 Å². The Bertz CT molecular complexity index is 741. The lowest BCUT2D eigenvalue weighted by atomic mass is 10.2. The van der Waals surface area contributed by atoms with Crippen LogP contribution in [-0.4, -0.2) is 24.7 Å². The van der Waals surface area contributed by atoms with Crippen LogP contribution in [0.2, 0.25) is 0 Å². The van der Waals surface area contributed by atoms with Gasteiger partial charge < -0.3 is 9.64 Å². The highest BCUT2D eigenvalue weighted by Gasteiger charge is 2.23. The maximum absolute atomic E-state index is 5.90. The molecule has 3 heterocycles. The highest BCUT2D eigenvalue weighted by atomic mass is 32.1. The molecular formula is C17H16N2OS. The first-order chi connectivity index (χ1) is 10.4. The third-order valence-corrected chi connectivity index (χ3v) is 4.80. The zero-order valence-corrected chi connectivity index (χ0v) is 12.4.